The first kappa shape index (κ1) is 11.0. The van der Waals surface area contributed by atoms with E-state index in [-0.39, 0.29) is 17.4 Å². The summed E-state index contributed by atoms with van der Waals surface area (Å²) in [4.78, 5) is 11.8. The van der Waals surface area contributed by atoms with Gasteiger partial charge in [0.1, 0.15) is 0 Å². The van der Waals surface area contributed by atoms with Crippen molar-refractivity contribution in [1.29, 1.82) is 5.26 Å². The standard InChI is InChI=1S/C10H17N3O/c1-8(3-5-11)13-9(14)10(2)4-6-12-7-10/h8,12H,3-4,6-7H2,1-2H3,(H,13,14). The number of hydrogen-bond donors (Lipinski definition) is 2. The highest BCUT2D eigenvalue weighted by Crippen LogP contribution is 2.24. The Morgan fingerprint density at radius 2 is 2.50 bits per heavy atom. The Labute approximate surface area is 84.7 Å². The average Bonchev–Trinajstić information content (AvgIpc) is 2.54. The summed E-state index contributed by atoms with van der Waals surface area (Å²) in [5.41, 5.74) is -0.288. The summed E-state index contributed by atoms with van der Waals surface area (Å²) < 4.78 is 0. The number of carbonyl (C=O) groups excluding carboxylic acids is 1. The predicted octanol–water partition coefficient (Wildman–Crippen LogP) is 0.404. The summed E-state index contributed by atoms with van der Waals surface area (Å²) in [5.74, 6) is 0.0604. The molecule has 4 heteroatoms. The summed E-state index contributed by atoms with van der Waals surface area (Å²) in [6.45, 7) is 5.45. The lowest BCUT2D eigenvalue weighted by molar-refractivity contribution is -0.129. The number of nitriles is 1. The van der Waals surface area contributed by atoms with Crippen LogP contribution in [0, 0.1) is 16.7 Å². The van der Waals surface area contributed by atoms with E-state index in [0.29, 0.717) is 6.42 Å². The molecule has 0 radical (unpaired) electrons. The Balaban J connectivity index is 2.45. The number of hydrogen-bond acceptors (Lipinski definition) is 3. The second-order valence-corrected chi connectivity index (χ2v) is 4.22. The molecule has 0 aromatic rings. The second-order valence-electron chi connectivity index (χ2n) is 4.22. The predicted molar refractivity (Wildman–Crippen MR) is 53.4 cm³/mol. The van der Waals surface area contributed by atoms with Crippen molar-refractivity contribution in [2.45, 2.75) is 32.7 Å². The van der Waals surface area contributed by atoms with Gasteiger partial charge < -0.3 is 10.6 Å². The Bertz CT molecular complexity index is 251. The van der Waals surface area contributed by atoms with Gasteiger partial charge in [-0.15, -0.1) is 0 Å². The summed E-state index contributed by atoms with van der Waals surface area (Å²) in [5, 5.41) is 14.5. The fraction of sp³-hybridized carbons (Fsp3) is 0.800. The summed E-state index contributed by atoms with van der Waals surface area (Å²) in [7, 11) is 0. The molecule has 4 nitrogen and oxygen atoms in total. The topological polar surface area (TPSA) is 64.9 Å². The maximum Gasteiger partial charge on any atom is 0.227 e. The zero-order valence-corrected chi connectivity index (χ0v) is 8.76. The molecule has 14 heavy (non-hydrogen) atoms. The number of amides is 1. The molecule has 0 aromatic heterocycles. The third-order valence-electron chi connectivity index (χ3n) is 2.69. The van der Waals surface area contributed by atoms with Crippen molar-refractivity contribution >= 4 is 5.91 Å². The normalized spacial score (nSPS) is 28.1. The van der Waals surface area contributed by atoms with Crippen LogP contribution in [0.1, 0.15) is 26.7 Å². The first-order valence-electron chi connectivity index (χ1n) is 4.97. The van der Waals surface area contributed by atoms with Gasteiger partial charge in [0.25, 0.3) is 0 Å². The van der Waals surface area contributed by atoms with Gasteiger partial charge in [-0.1, -0.05) is 0 Å². The molecule has 0 aromatic carbocycles. The van der Waals surface area contributed by atoms with E-state index in [2.05, 4.69) is 10.6 Å². The van der Waals surface area contributed by atoms with Crippen LogP contribution in [-0.4, -0.2) is 25.0 Å². The van der Waals surface area contributed by atoms with Crippen LogP contribution in [0.15, 0.2) is 0 Å². The lowest BCUT2D eigenvalue weighted by atomic mass is 9.88. The maximum atomic E-state index is 11.8. The smallest absolute Gasteiger partial charge is 0.227 e. The number of carbonyl (C=O) groups is 1. The summed E-state index contributed by atoms with van der Waals surface area (Å²) in [6.07, 6.45) is 1.24. The van der Waals surface area contributed by atoms with Crippen LogP contribution in [0.4, 0.5) is 0 Å². The molecule has 2 N–H and O–H groups in total. The zero-order chi connectivity index (χ0) is 10.6. The van der Waals surface area contributed by atoms with Gasteiger partial charge >= 0.3 is 0 Å². The minimum atomic E-state index is -0.288. The van der Waals surface area contributed by atoms with Gasteiger partial charge in [0.2, 0.25) is 5.91 Å². The van der Waals surface area contributed by atoms with E-state index in [4.69, 9.17) is 5.26 Å². The number of rotatable bonds is 3. The minimum Gasteiger partial charge on any atom is -0.352 e. The van der Waals surface area contributed by atoms with Gasteiger partial charge in [-0.3, -0.25) is 4.79 Å². The number of nitrogens with zero attached hydrogens (tertiary/aromatic N) is 1. The largest absolute Gasteiger partial charge is 0.352 e. The molecule has 1 fully saturated rings. The Hall–Kier alpha value is -1.08. The van der Waals surface area contributed by atoms with Gasteiger partial charge in [-0.05, 0) is 26.8 Å². The Morgan fingerprint density at radius 3 is 3.00 bits per heavy atom. The molecule has 78 valence electrons. The summed E-state index contributed by atoms with van der Waals surface area (Å²) in [6, 6.07) is 1.99. The monoisotopic (exact) mass is 195 g/mol. The molecule has 1 heterocycles. The minimum absolute atomic E-state index is 0.0510. The lowest BCUT2D eigenvalue weighted by Gasteiger charge is -2.23. The van der Waals surface area contributed by atoms with Crippen molar-refractivity contribution in [1.82, 2.24) is 10.6 Å². The molecule has 1 rings (SSSR count). The SMILES string of the molecule is CC(CC#N)NC(=O)C1(C)CCNC1. The zero-order valence-electron chi connectivity index (χ0n) is 8.76. The van der Waals surface area contributed by atoms with Gasteiger partial charge in [-0.25, -0.2) is 0 Å². The fourth-order valence-corrected chi connectivity index (χ4v) is 1.60. The molecule has 1 aliphatic rings. The molecule has 0 aliphatic carbocycles. The van der Waals surface area contributed by atoms with Crippen molar-refractivity contribution in [2.75, 3.05) is 13.1 Å². The highest BCUT2D eigenvalue weighted by atomic mass is 16.2. The molecule has 2 unspecified atom stereocenters. The molecule has 1 saturated heterocycles. The molecule has 0 bridgehead atoms. The van der Waals surface area contributed by atoms with E-state index in [1.807, 2.05) is 19.9 Å². The van der Waals surface area contributed by atoms with E-state index >= 15 is 0 Å². The lowest BCUT2D eigenvalue weighted by Crippen LogP contribution is -2.44. The Kier molecular flexibility index (Phi) is 3.48. The second kappa shape index (κ2) is 4.43. The molecule has 0 spiro atoms. The van der Waals surface area contributed by atoms with Crippen LogP contribution in [-0.2, 0) is 4.79 Å². The van der Waals surface area contributed by atoms with Gasteiger partial charge in [0.05, 0.1) is 17.9 Å². The molecular weight excluding hydrogens is 178 g/mol. The molecular formula is C10H17N3O. The van der Waals surface area contributed by atoms with Gasteiger partial charge in [0, 0.05) is 12.6 Å². The van der Waals surface area contributed by atoms with Crippen molar-refractivity contribution in [3.8, 4) is 6.07 Å². The van der Waals surface area contributed by atoms with Crippen molar-refractivity contribution in [3.05, 3.63) is 0 Å². The molecule has 1 amide bonds. The van der Waals surface area contributed by atoms with Crippen molar-refractivity contribution in [2.24, 2.45) is 5.41 Å². The van der Waals surface area contributed by atoms with Crippen LogP contribution >= 0.6 is 0 Å². The third-order valence-corrected chi connectivity index (χ3v) is 2.69. The van der Waals surface area contributed by atoms with Gasteiger partial charge in [0.15, 0.2) is 0 Å². The van der Waals surface area contributed by atoms with Crippen LogP contribution in [0.25, 0.3) is 0 Å². The summed E-state index contributed by atoms with van der Waals surface area (Å²) >= 11 is 0. The fourth-order valence-electron chi connectivity index (χ4n) is 1.60. The molecule has 1 aliphatic heterocycles. The first-order chi connectivity index (χ1) is 6.58. The van der Waals surface area contributed by atoms with Crippen molar-refractivity contribution < 1.29 is 4.79 Å². The van der Waals surface area contributed by atoms with Crippen LogP contribution in [0.5, 0.6) is 0 Å². The van der Waals surface area contributed by atoms with E-state index in [1.54, 1.807) is 0 Å². The average molecular weight is 195 g/mol. The Morgan fingerprint density at radius 1 is 1.79 bits per heavy atom. The molecule has 2 atom stereocenters. The first-order valence-corrected chi connectivity index (χ1v) is 4.97. The quantitative estimate of drug-likeness (QED) is 0.685. The van der Waals surface area contributed by atoms with E-state index < -0.39 is 0 Å². The van der Waals surface area contributed by atoms with Crippen LogP contribution in [0.3, 0.4) is 0 Å². The third kappa shape index (κ3) is 2.46. The van der Waals surface area contributed by atoms with E-state index in [9.17, 15) is 4.79 Å². The number of nitrogens with one attached hydrogen (secondary N) is 2. The van der Waals surface area contributed by atoms with Crippen molar-refractivity contribution in [3.63, 3.8) is 0 Å². The van der Waals surface area contributed by atoms with Crippen LogP contribution < -0.4 is 10.6 Å². The molecule has 0 saturated carbocycles. The van der Waals surface area contributed by atoms with Crippen LogP contribution in [0.2, 0.25) is 0 Å². The highest BCUT2D eigenvalue weighted by Gasteiger charge is 2.36. The van der Waals surface area contributed by atoms with Gasteiger partial charge in [-0.2, -0.15) is 5.26 Å². The highest BCUT2D eigenvalue weighted by molar-refractivity contribution is 5.83. The van der Waals surface area contributed by atoms with E-state index in [0.717, 1.165) is 19.5 Å². The van der Waals surface area contributed by atoms with E-state index in [1.165, 1.54) is 0 Å². The maximum absolute atomic E-state index is 11.8.